The Balaban J connectivity index is 2.09. The van der Waals surface area contributed by atoms with Gasteiger partial charge in [0.2, 0.25) is 5.95 Å². The zero-order valence-electron chi connectivity index (χ0n) is 9.30. The number of rotatable bonds is 3. The second kappa shape index (κ2) is 4.44. The maximum absolute atomic E-state index is 11.2. The lowest BCUT2D eigenvalue weighted by atomic mass is 10.1. The minimum absolute atomic E-state index is 0.367. The third kappa shape index (κ3) is 1.96. The Kier molecular flexibility index (Phi) is 3.00. The van der Waals surface area contributed by atoms with Crippen molar-refractivity contribution in [2.24, 2.45) is 0 Å². The molecule has 0 aromatic carbocycles. The first-order chi connectivity index (χ1) is 7.72. The molecule has 0 radical (unpaired) electrons. The van der Waals surface area contributed by atoms with Crippen molar-refractivity contribution in [3.05, 3.63) is 18.0 Å². The highest BCUT2D eigenvalue weighted by Crippen LogP contribution is 2.11. The first-order valence-corrected chi connectivity index (χ1v) is 5.06. The lowest BCUT2D eigenvalue weighted by molar-refractivity contribution is 0.0600. The Morgan fingerprint density at radius 2 is 2.12 bits per heavy atom. The second-order valence-corrected chi connectivity index (χ2v) is 3.69. The summed E-state index contributed by atoms with van der Waals surface area (Å²) in [6.07, 6.45) is 2.97. The number of anilines is 1. The topological polar surface area (TPSA) is 67.3 Å². The molecule has 6 nitrogen and oxygen atoms in total. The molecule has 0 aliphatic carbocycles. The van der Waals surface area contributed by atoms with E-state index in [1.165, 1.54) is 19.5 Å². The number of methoxy groups -OCH3 is 1. The summed E-state index contributed by atoms with van der Waals surface area (Å²) in [7, 11) is 3.28. The van der Waals surface area contributed by atoms with E-state index < -0.39 is 5.97 Å². The van der Waals surface area contributed by atoms with Gasteiger partial charge in [0.15, 0.2) is 0 Å². The van der Waals surface area contributed by atoms with Crippen molar-refractivity contribution >= 4 is 11.9 Å². The number of likely N-dealkylation sites (N-methyl/N-ethyl adjacent to an activating group) is 1. The Bertz CT molecular complexity index is 375. The summed E-state index contributed by atoms with van der Waals surface area (Å²) in [5, 5.41) is 3.18. The van der Waals surface area contributed by atoms with E-state index in [1.54, 1.807) is 0 Å². The third-order valence-electron chi connectivity index (χ3n) is 2.68. The smallest absolute Gasteiger partial charge is 0.341 e. The SMILES string of the molecule is COC(=O)c1cnc(N(C)C2CNC2)nc1. The Hall–Kier alpha value is -1.69. The van der Waals surface area contributed by atoms with Gasteiger partial charge in [-0.1, -0.05) is 0 Å². The fourth-order valence-corrected chi connectivity index (χ4v) is 1.44. The van der Waals surface area contributed by atoms with E-state index >= 15 is 0 Å². The van der Waals surface area contributed by atoms with Crippen LogP contribution in [0.15, 0.2) is 12.4 Å². The highest BCUT2D eigenvalue weighted by atomic mass is 16.5. The fourth-order valence-electron chi connectivity index (χ4n) is 1.44. The molecule has 0 unspecified atom stereocenters. The number of hydrogen-bond acceptors (Lipinski definition) is 6. The van der Waals surface area contributed by atoms with Gasteiger partial charge >= 0.3 is 5.97 Å². The van der Waals surface area contributed by atoms with Crippen LogP contribution in [0.4, 0.5) is 5.95 Å². The van der Waals surface area contributed by atoms with Crippen molar-refractivity contribution in [1.82, 2.24) is 15.3 Å². The van der Waals surface area contributed by atoms with Gasteiger partial charge in [0.05, 0.1) is 18.7 Å². The molecule has 1 aliphatic rings. The highest BCUT2D eigenvalue weighted by Gasteiger charge is 2.23. The molecule has 2 heterocycles. The van der Waals surface area contributed by atoms with E-state index in [9.17, 15) is 4.79 Å². The van der Waals surface area contributed by atoms with Gasteiger partial charge in [-0.05, 0) is 0 Å². The number of esters is 1. The van der Waals surface area contributed by atoms with Gasteiger partial charge in [-0.15, -0.1) is 0 Å². The van der Waals surface area contributed by atoms with Crippen LogP contribution in [0.2, 0.25) is 0 Å². The van der Waals surface area contributed by atoms with Crippen LogP contribution >= 0.6 is 0 Å². The van der Waals surface area contributed by atoms with Gasteiger partial charge in [-0.25, -0.2) is 14.8 Å². The van der Waals surface area contributed by atoms with Crippen LogP contribution in [-0.2, 0) is 4.74 Å². The minimum atomic E-state index is -0.417. The van der Waals surface area contributed by atoms with Crippen LogP contribution in [0, 0.1) is 0 Å². The maximum Gasteiger partial charge on any atom is 0.341 e. The molecule has 1 saturated heterocycles. The summed E-state index contributed by atoms with van der Waals surface area (Å²) < 4.78 is 4.57. The number of ether oxygens (including phenoxy) is 1. The largest absolute Gasteiger partial charge is 0.465 e. The standard InChI is InChI=1S/C10H14N4O2/c1-14(8-5-11-6-8)10-12-3-7(4-13-10)9(15)16-2/h3-4,8,11H,5-6H2,1-2H3. The Morgan fingerprint density at radius 1 is 1.50 bits per heavy atom. The fraction of sp³-hybridized carbons (Fsp3) is 0.500. The maximum atomic E-state index is 11.2. The number of nitrogens with zero attached hydrogens (tertiary/aromatic N) is 3. The summed E-state index contributed by atoms with van der Waals surface area (Å²) in [6.45, 7) is 1.89. The van der Waals surface area contributed by atoms with Gasteiger partial charge in [0.25, 0.3) is 0 Å². The van der Waals surface area contributed by atoms with Gasteiger partial charge in [-0.3, -0.25) is 0 Å². The van der Waals surface area contributed by atoms with Crippen LogP contribution in [-0.4, -0.2) is 49.2 Å². The molecule has 0 amide bonds. The van der Waals surface area contributed by atoms with Gasteiger partial charge < -0.3 is 15.0 Å². The van der Waals surface area contributed by atoms with Crippen molar-refractivity contribution < 1.29 is 9.53 Å². The van der Waals surface area contributed by atoms with Crippen LogP contribution in [0.1, 0.15) is 10.4 Å². The van der Waals surface area contributed by atoms with Gasteiger partial charge in [0.1, 0.15) is 0 Å². The molecule has 0 atom stereocenters. The predicted molar refractivity (Wildman–Crippen MR) is 58.4 cm³/mol. The lowest BCUT2D eigenvalue weighted by Crippen LogP contribution is -2.56. The van der Waals surface area contributed by atoms with Gasteiger partial charge in [0, 0.05) is 32.5 Å². The zero-order valence-corrected chi connectivity index (χ0v) is 9.30. The minimum Gasteiger partial charge on any atom is -0.465 e. The molecule has 2 rings (SSSR count). The summed E-state index contributed by atoms with van der Waals surface area (Å²) in [5.41, 5.74) is 0.367. The molecule has 86 valence electrons. The van der Waals surface area contributed by atoms with E-state index in [0.717, 1.165) is 13.1 Å². The summed E-state index contributed by atoms with van der Waals surface area (Å²) in [6, 6.07) is 0.434. The second-order valence-electron chi connectivity index (χ2n) is 3.69. The molecule has 1 N–H and O–H groups in total. The van der Waals surface area contributed by atoms with Crippen molar-refractivity contribution in [3.8, 4) is 0 Å². The lowest BCUT2D eigenvalue weighted by Gasteiger charge is -2.35. The van der Waals surface area contributed by atoms with E-state index in [1.807, 2.05) is 11.9 Å². The number of carbonyl (C=O) groups is 1. The molecule has 0 bridgehead atoms. The van der Waals surface area contributed by atoms with Crippen molar-refractivity contribution in [1.29, 1.82) is 0 Å². The number of nitrogens with one attached hydrogen (secondary N) is 1. The molecule has 1 aliphatic heterocycles. The molecule has 16 heavy (non-hydrogen) atoms. The summed E-state index contributed by atoms with van der Waals surface area (Å²) in [4.78, 5) is 21.4. The number of aromatic nitrogens is 2. The van der Waals surface area contributed by atoms with Crippen LogP contribution in [0.5, 0.6) is 0 Å². The summed E-state index contributed by atoms with van der Waals surface area (Å²) in [5.74, 6) is 0.207. The van der Waals surface area contributed by atoms with E-state index in [2.05, 4.69) is 20.0 Å². The predicted octanol–water partition coefficient (Wildman–Crippen LogP) is -0.329. The van der Waals surface area contributed by atoms with Crippen molar-refractivity contribution in [2.45, 2.75) is 6.04 Å². The molecular formula is C10H14N4O2. The molecule has 0 saturated carbocycles. The van der Waals surface area contributed by atoms with Crippen LogP contribution in [0.25, 0.3) is 0 Å². The van der Waals surface area contributed by atoms with E-state index in [-0.39, 0.29) is 0 Å². The molecule has 6 heteroatoms. The highest BCUT2D eigenvalue weighted by molar-refractivity contribution is 5.88. The molecule has 1 aromatic rings. The zero-order chi connectivity index (χ0) is 11.5. The molecule has 0 spiro atoms. The Labute approximate surface area is 93.6 Å². The number of hydrogen-bond donors (Lipinski definition) is 1. The monoisotopic (exact) mass is 222 g/mol. The normalized spacial score (nSPS) is 15.4. The van der Waals surface area contributed by atoms with Gasteiger partial charge in [-0.2, -0.15) is 0 Å². The van der Waals surface area contributed by atoms with E-state index in [0.29, 0.717) is 17.6 Å². The molecule has 1 fully saturated rings. The number of carbonyl (C=O) groups excluding carboxylic acids is 1. The Morgan fingerprint density at radius 3 is 2.56 bits per heavy atom. The van der Waals surface area contributed by atoms with Crippen molar-refractivity contribution in [3.63, 3.8) is 0 Å². The molecular weight excluding hydrogens is 208 g/mol. The van der Waals surface area contributed by atoms with Crippen LogP contribution in [0.3, 0.4) is 0 Å². The first kappa shape index (κ1) is 10.8. The summed E-state index contributed by atoms with van der Waals surface area (Å²) >= 11 is 0. The van der Waals surface area contributed by atoms with Crippen LogP contribution < -0.4 is 10.2 Å². The van der Waals surface area contributed by atoms with E-state index in [4.69, 9.17) is 0 Å². The van der Waals surface area contributed by atoms with Crippen molar-refractivity contribution in [2.75, 3.05) is 32.1 Å². The third-order valence-corrected chi connectivity index (χ3v) is 2.68. The first-order valence-electron chi connectivity index (χ1n) is 5.06. The average Bonchev–Trinajstić information content (AvgIpc) is 2.26. The quantitative estimate of drug-likeness (QED) is 0.706. The molecule has 1 aromatic heterocycles. The average molecular weight is 222 g/mol.